The van der Waals surface area contributed by atoms with Crippen LogP contribution in [0.3, 0.4) is 0 Å². The van der Waals surface area contributed by atoms with Gasteiger partial charge in [0.2, 0.25) is 0 Å². The van der Waals surface area contributed by atoms with Crippen LogP contribution in [0.2, 0.25) is 0 Å². The first-order valence-corrected chi connectivity index (χ1v) is 14.1. The van der Waals surface area contributed by atoms with E-state index in [9.17, 15) is 4.79 Å². The lowest BCUT2D eigenvalue weighted by atomic mass is 9.91. The third kappa shape index (κ3) is 7.97. The molecule has 0 saturated heterocycles. The highest BCUT2D eigenvalue weighted by atomic mass is 16.1. The number of carbonyl (C=O) groups is 1. The molecule has 0 radical (unpaired) electrons. The number of hydrogen-bond donors (Lipinski definition) is 4. The lowest BCUT2D eigenvalue weighted by molar-refractivity contribution is 0.0952. The molecular weight excluding hydrogens is 484 g/mol. The molecule has 1 aliphatic heterocycles. The van der Waals surface area contributed by atoms with Crippen molar-refractivity contribution in [3.8, 4) is 0 Å². The van der Waals surface area contributed by atoms with Gasteiger partial charge in [0, 0.05) is 49.7 Å². The first kappa shape index (κ1) is 30.0. The van der Waals surface area contributed by atoms with E-state index < -0.39 is 0 Å². The van der Waals surface area contributed by atoms with Crippen molar-refractivity contribution in [3.63, 3.8) is 0 Å². The average molecular weight is 529 g/mol. The van der Waals surface area contributed by atoms with Crippen LogP contribution in [0.4, 0.5) is 5.69 Å². The zero-order valence-corrected chi connectivity index (χ0v) is 24.2. The van der Waals surface area contributed by atoms with Crippen LogP contribution in [0.5, 0.6) is 0 Å². The Bertz CT molecular complexity index is 1270. The highest BCUT2D eigenvalue weighted by molar-refractivity contribution is 6.48. The van der Waals surface area contributed by atoms with Gasteiger partial charge >= 0.3 is 0 Å². The van der Waals surface area contributed by atoms with Crippen molar-refractivity contribution in [2.45, 2.75) is 60.3 Å². The van der Waals surface area contributed by atoms with Crippen LogP contribution in [0.15, 0.2) is 58.8 Å². The summed E-state index contributed by atoms with van der Waals surface area (Å²) in [5.74, 6) is 0.664. The lowest BCUT2D eigenvalue weighted by Crippen LogP contribution is -2.29. The molecule has 0 fully saturated rings. The minimum absolute atomic E-state index is 0.0474. The maximum atomic E-state index is 12.8. The van der Waals surface area contributed by atoms with Crippen molar-refractivity contribution < 1.29 is 4.79 Å². The molecule has 7 nitrogen and oxygen atoms in total. The third-order valence-corrected chi connectivity index (χ3v) is 7.12. The summed E-state index contributed by atoms with van der Waals surface area (Å²) in [6.07, 6.45) is 8.99. The molecule has 0 spiro atoms. The van der Waals surface area contributed by atoms with Crippen LogP contribution >= 0.6 is 0 Å². The standard InChI is InChI=1S/C32H44N6O/c1-6-15-35-31(30-20-26(21-37-30)28-12-10-24(7-2)22(4)23(28)5)38-27-11-13-29(25(8-3)19-27)32(39)36-17-9-16-34-18-14-33/h6,10-13,15,19,21,34H,7-9,14,16-18,20,33H2,1-5H3,(H,35,38)(H,36,39)/b15-6-. The number of allylic oxidation sites excluding steroid dienone is 2. The van der Waals surface area contributed by atoms with E-state index in [1.54, 1.807) is 6.20 Å². The molecule has 0 atom stereocenters. The van der Waals surface area contributed by atoms with Crippen molar-refractivity contribution >= 4 is 28.7 Å². The zero-order chi connectivity index (χ0) is 28.2. The van der Waals surface area contributed by atoms with Gasteiger partial charge in [-0.15, -0.1) is 0 Å². The van der Waals surface area contributed by atoms with Crippen LogP contribution in [0.25, 0.3) is 5.57 Å². The maximum absolute atomic E-state index is 12.8. The molecule has 7 heteroatoms. The summed E-state index contributed by atoms with van der Waals surface area (Å²) in [6.45, 7) is 13.5. The second kappa shape index (κ2) is 15.1. The Labute approximate surface area is 233 Å². The number of rotatable bonds is 13. The zero-order valence-electron chi connectivity index (χ0n) is 24.2. The fourth-order valence-electron chi connectivity index (χ4n) is 4.73. The predicted octanol–water partition coefficient (Wildman–Crippen LogP) is 5.33. The van der Waals surface area contributed by atoms with Gasteiger partial charge in [-0.3, -0.25) is 9.79 Å². The smallest absolute Gasteiger partial charge is 0.251 e. The van der Waals surface area contributed by atoms with Gasteiger partial charge < -0.3 is 21.7 Å². The highest BCUT2D eigenvalue weighted by Crippen LogP contribution is 2.30. The summed E-state index contributed by atoms with van der Waals surface area (Å²) in [7, 11) is 0. The molecule has 1 aliphatic rings. The van der Waals surface area contributed by atoms with E-state index in [1.165, 1.54) is 27.8 Å². The van der Waals surface area contributed by atoms with Crippen molar-refractivity contribution in [3.05, 3.63) is 82.2 Å². The van der Waals surface area contributed by atoms with E-state index in [0.29, 0.717) is 30.9 Å². The molecule has 0 aromatic heterocycles. The quantitative estimate of drug-likeness (QED) is 0.160. The number of nitrogens with one attached hydrogen (secondary N) is 3. The fraction of sp³-hybridized carbons (Fsp3) is 0.406. The minimum Gasteiger partial charge on any atom is -0.352 e. The fourth-order valence-corrected chi connectivity index (χ4v) is 4.73. The summed E-state index contributed by atoms with van der Waals surface area (Å²) >= 11 is 0. The number of nitrogens with two attached hydrogens (primary N) is 1. The number of aryl methyl sites for hydroxylation is 2. The van der Waals surface area contributed by atoms with Gasteiger partial charge in [-0.25, -0.2) is 4.99 Å². The number of anilines is 1. The molecule has 3 rings (SSSR count). The topological polar surface area (TPSA) is 104 Å². The molecule has 1 heterocycles. The number of carbonyl (C=O) groups excluding carboxylic acids is 1. The number of aliphatic imine (C=N–C) groups is 2. The average Bonchev–Trinajstić information content (AvgIpc) is 3.44. The largest absolute Gasteiger partial charge is 0.352 e. The molecule has 0 aliphatic carbocycles. The van der Waals surface area contributed by atoms with Crippen molar-refractivity contribution in [1.29, 1.82) is 0 Å². The molecule has 39 heavy (non-hydrogen) atoms. The first-order valence-electron chi connectivity index (χ1n) is 14.1. The van der Waals surface area contributed by atoms with Gasteiger partial charge in [-0.05, 0) is 98.2 Å². The summed E-state index contributed by atoms with van der Waals surface area (Å²) in [4.78, 5) is 22.3. The van der Waals surface area contributed by atoms with Crippen LogP contribution in [0, 0.1) is 13.8 Å². The second-order valence-electron chi connectivity index (χ2n) is 9.74. The van der Waals surface area contributed by atoms with E-state index in [4.69, 9.17) is 10.7 Å². The van der Waals surface area contributed by atoms with Gasteiger partial charge in [-0.1, -0.05) is 32.1 Å². The minimum atomic E-state index is -0.0474. The van der Waals surface area contributed by atoms with Crippen molar-refractivity contribution in [2.24, 2.45) is 15.7 Å². The van der Waals surface area contributed by atoms with Crippen LogP contribution in [0.1, 0.15) is 71.8 Å². The van der Waals surface area contributed by atoms with Crippen molar-refractivity contribution in [2.75, 3.05) is 31.5 Å². The highest BCUT2D eigenvalue weighted by Gasteiger charge is 2.20. The Morgan fingerprint density at radius 1 is 1.05 bits per heavy atom. The number of amidine groups is 1. The number of hydrogen-bond acceptors (Lipinski definition) is 5. The Morgan fingerprint density at radius 2 is 1.85 bits per heavy atom. The van der Waals surface area contributed by atoms with Gasteiger partial charge in [0.1, 0.15) is 0 Å². The van der Waals surface area contributed by atoms with Gasteiger partial charge in [0.05, 0.1) is 5.71 Å². The molecule has 5 N–H and O–H groups in total. The Balaban J connectivity index is 1.71. The molecule has 0 unspecified atom stereocenters. The van der Waals surface area contributed by atoms with E-state index >= 15 is 0 Å². The Kier molecular flexibility index (Phi) is 11.6. The molecule has 0 saturated carbocycles. The predicted molar refractivity (Wildman–Crippen MR) is 166 cm³/mol. The molecule has 0 bridgehead atoms. The van der Waals surface area contributed by atoms with E-state index in [-0.39, 0.29) is 5.91 Å². The van der Waals surface area contributed by atoms with E-state index in [1.807, 2.05) is 37.4 Å². The van der Waals surface area contributed by atoms with Crippen LogP contribution in [-0.4, -0.2) is 43.6 Å². The van der Waals surface area contributed by atoms with Crippen LogP contribution in [-0.2, 0) is 12.8 Å². The molecular formula is C32H44N6O. The summed E-state index contributed by atoms with van der Waals surface area (Å²) < 4.78 is 0. The van der Waals surface area contributed by atoms with Crippen molar-refractivity contribution in [1.82, 2.24) is 10.6 Å². The third-order valence-electron chi connectivity index (χ3n) is 7.12. The lowest BCUT2D eigenvalue weighted by Gasteiger charge is -2.15. The van der Waals surface area contributed by atoms with Gasteiger partial charge in [0.15, 0.2) is 5.84 Å². The Hall–Kier alpha value is -3.55. The van der Waals surface area contributed by atoms with Gasteiger partial charge in [0.25, 0.3) is 5.91 Å². The number of nitrogens with zero attached hydrogens (tertiary/aromatic N) is 2. The molecule has 1 amide bonds. The summed E-state index contributed by atoms with van der Waals surface area (Å²) in [6, 6.07) is 10.3. The second-order valence-corrected chi connectivity index (χ2v) is 9.74. The molecule has 2 aromatic carbocycles. The molecule has 2 aromatic rings. The molecule has 208 valence electrons. The normalized spacial score (nSPS) is 13.5. The number of amides is 1. The summed E-state index contributed by atoms with van der Waals surface area (Å²) in [5.41, 5.74) is 15.4. The Morgan fingerprint density at radius 3 is 2.56 bits per heavy atom. The maximum Gasteiger partial charge on any atom is 0.251 e. The monoisotopic (exact) mass is 528 g/mol. The number of benzene rings is 2. The first-order chi connectivity index (χ1) is 18.9. The summed E-state index contributed by atoms with van der Waals surface area (Å²) in [5, 5.41) is 9.74. The van der Waals surface area contributed by atoms with E-state index in [2.05, 4.69) is 60.8 Å². The van der Waals surface area contributed by atoms with Crippen LogP contribution < -0.4 is 21.7 Å². The van der Waals surface area contributed by atoms with E-state index in [0.717, 1.165) is 49.3 Å². The SMILES string of the molecule is C/C=C\N=C(Nc1ccc(C(=O)NCCCNCCN)c(CC)c1)C1=NC=C(c2ccc(CC)c(C)c2C)C1. The van der Waals surface area contributed by atoms with Gasteiger partial charge in [-0.2, -0.15) is 0 Å².